The minimum Gasteiger partial charge on any atom is -0.479 e. The van der Waals surface area contributed by atoms with Crippen LogP contribution in [0.25, 0.3) is 22.1 Å². The number of aliphatic carboxylic acids is 2. The normalized spacial score (nSPS) is 24.3. The number of aromatic nitrogens is 4. The summed E-state index contributed by atoms with van der Waals surface area (Å²) in [5.41, 5.74) is 10.2. The van der Waals surface area contributed by atoms with Crippen LogP contribution in [0.2, 0.25) is 0 Å². The predicted molar refractivity (Wildman–Crippen MR) is 152 cm³/mol. The Balaban J connectivity index is 0.000000117. The van der Waals surface area contributed by atoms with Crippen LogP contribution < -0.4 is 10.6 Å². The van der Waals surface area contributed by atoms with Crippen LogP contribution in [-0.4, -0.2) is 90.7 Å². The first-order valence-corrected chi connectivity index (χ1v) is 14.0. The summed E-state index contributed by atoms with van der Waals surface area (Å²) in [5, 5.41) is 39.5. The van der Waals surface area contributed by atoms with Gasteiger partial charge in [-0.05, 0) is 83.0 Å². The van der Waals surface area contributed by atoms with Gasteiger partial charge in [-0.1, -0.05) is 0 Å². The topological polar surface area (TPSA) is 191 Å². The number of hydrogen-bond acceptors (Lipinski definition) is 10. The van der Waals surface area contributed by atoms with Gasteiger partial charge < -0.3 is 31.1 Å². The molecule has 218 valence electrons. The molecule has 2 aliphatic heterocycles. The molecule has 2 aliphatic carbocycles. The molecule has 6 unspecified atom stereocenters. The molecule has 12 nitrogen and oxygen atoms in total. The van der Waals surface area contributed by atoms with E-state index in [0.29, 0.717) is 23.7 Å². The van der Waals surface area contributed by atoms with Crippen molar-refractivity contribution in [1.82, 2.24) is 30.6 Å². The molecular formula is C30H32N6O6. The molecule has 4 bridgehead atoms. The minimum atomic E-state index is -2.27. The van der Waals surface area contributed by atoms with Gasteiger partial charge in [0.05, 0.1) is 22.1 Å². The number of carboxylic acid groups (broad SMARTS) is 2. The van der Waals surface area contributed by atoms with E-state index in [2.05, 4.69) is 54.8 Å². The van der Waals surface area contributed by atoms with Crippen molar-refractivity contribution in [2.75, 3.05) is 26.2 Å². The van der Waals surface area contributed by atoms with E-state index < -0.39 is 24.1 Å². The second kappa shape index (κ2) is 11.6. The van der Waals surface area contributed by atoms with E-state index in [4.69, 9.17) is 20.4 Å². The highest BCUT2D eigenvalue weighted by molar-refractivity contribution is 5.83. The Morgan fingerprint density at radius 1 is 0.571 bits per heavy atom. The van der Waals surface area contributed by atoms with Gasteiger partial charge in [-0.3, -0.25) is 19.9 Å². The van der Waals surface area contributed by atoms with Crippen molar-refractivity contribution in [2.24, 2.45) is 0 Å². The number of nitrogens with zero attached hydrogens (tertiary/aromatic N) is 4. The van der Waals surface area contributed by atoms with E-state index >= 15 is 0 Å². The average Bonchev–Trinajstić information content (AvgIpc) is 3.40. The van der Waals surface area contributed by atoms with Crippen LogP contribution in [0.4, 0.5) is 0 Å². The Morgan fingerprint density at radius 2 is 0.833 bits per heavy atom. The lowest BCUT2D eigenvalue weighted by atomic mass is 9.98. The monoisotopic (exact) mass is 572 g/mol. The number of hydrogen-bond donors (Lipinski definition) is 6. The minimum absolute atomic E-state index is 0.695. The number of fused-ring (bicyclic) bond motifs is 12. The summed E-state index contributed by atoms with van der Waals surface area (Å²) < 4.78 is 0. The average molecular weight is 573 g/mol. The number of carboxylic acids is 2. The van der Waals surface area contributed by atoms with Crippen LogP contribution in [0.3, 0.4) is 0 Å². The summed E-state index contributed by atoms with van der Waals surface area (Å²) in [6, 6.07) is 8.98. The largest absolute Gasteiger partial charge is 0.479 e. The Bertz CT molecular complexity index is 1430. The fourth-order valence-electron chi connectivity index (χ4n) is 6.60. The summed E-state index contributed by atoms with van der Waals surface area (Å²) in [4.78, 5) is 37.1. The molecule has 4 aromatic rings. The first-order chi connectivity index (χ1) is 20.3. The summed E-state index contributed by atoms with van der Waals surface area (Å²) in [5.74, 6) is -0.759. The number of benzene rings is 2. The number of aliphatic hydroxyl groups excluding tert-OH is 2. The van der Waals surface area contributed by atoms with Crippen molar-refractivity contribution < 1.29 is 30.0 Å². The smallest absolute Gasteiger partial charge is 0.335 e. The molecule has 2 aromatic heterocycles. The van der Waals surface area contributed by atoms with Crippen LogP contribution >= 0.6 is 0 Å². The van der Waals surface area contributed by atoms with Crippen LogP contribution in [-0.2, 0) is 9.59 Å². The van der Waals surface area contributed by atoms with Crippen molar-refractivity contribution in [3.63, 3.8) is 0 Å². The molecule has 6 atom stereocenters. The van der Waals surface area contributed by atoms with Crippen molar-refractivity contribution in [3.8, 4) is 0 Å². The SMILES string of the molecule is O=C(O)C(O)C(O)C(=O)O.c1cnc2cc3c(cc2n1)C1CNCC3C1.c1cnc2cc3c(cc2n1)C1CNCC3C1. The first kappa shape index (κ1) is 28.0. The Labute approximate surface area is 240 Å². The van der Waals surface area contributed by atoms with Crippen molar-refractivity contribution in [3.05, 3.63) is 71.3 Å². The lowest BCUT2D eigenvalue weighted by Crippen LogP contribution is -2.39. The van der Waals surface area contributed by atoms with Gasteiger partial charge in [0.25, 0.3) is 0 Å². The van der Waals surface area contributed by atoms with Gasteiger partial charge in [-0.25, -0.2) is 9.59 Å². The third-order valence-electron chi connectivity index (χ3n) is 8.61. The lowest BCUT2D eigenvalue weighted by molar-refractivity contribution is -0.165. The van der Waals surface area contributed by atoms with Gasteiger partial charge in [0.2, 0.25) is 0 Å². The van der Waals surface area contributed by atoms with Crippen LogP contribution in [0.5, 0.6) is 0 Å². The fourth-order valence-corrected chi connectivity index (χ4v) is 6.60. The Kier molecular flexibility index (Phi) is 7.78. The molecule has 0 spiro atoms. The first-order valence-electron chi connectivity index (χ1n) is 14.0. The summed E-state index contributed by atoms with van der Waals surface area (Å²) in [6.45, 7) is 4.48. The summed E-state index contributed by atoms with van der Waals surface area (Å²) in [7, 11) is 0. The molecule has 8 rings (SSSR count). The number of rotatable bonds is 3. The molecule has 6 N–H and O–H groups in total. The number of nitrogens with one attached hydrogen (secondary N) is 2. The summed E-state index contributed by atoms with van der Waals surface area (Å²) >= 11 is 0. The van der Waals surface area contributed by atoms with Crippen LogP contribution in [0, 0.1) is 0 Å². The van der Waals surface area contributed by atoms with E-state index in [0.717, 1.165) is 48.2 Å². The second-order valence-corrected chi connectivity index (χ2v) is 11.2. The van der Waals surface area contributed by atoms with E-state index in [9.17, 15) is 9.59 Å². The van der Waals surface area contributed by atoms with E-state index in [-0.39, 0.29) is 0 Å². The van der Waals surface area contributed by atoms with Crippen LogP contribution in [0.15, 0.2) is 49.1 Å². The quantitative estimate of drug-likeness (QED) is 0.208. The molecule has 0 saturated carbocycles. The zero-order chi connectivity index (χ0) is 29.4. The van der Waals surface area contributed by atoms with E-state index in [1.54, 1.807) is 24.8 Å². The lowest BCUT2D eigenvalue weighted by Gasteiger charge is -2.19. The van der Waals surface area contributed by atoms with E-state index in [1.807, 2.05) is 0 Å². The molecule has 4 aliphatic rings. The maximum atomic E-state index is 9.77. The van der Waals surface area contributed by atoms with E-state index in [1.165, 1.54) is 35.1 Å². The Morgan fingerprint density at radius 3 is 1.07 bits per heavy atom. The van der Waals surface area contributed by atoms with Crippen molar-refractivity contribution in [1.29, 1.82) is 0 Å². The zero-order valence-corrected chi connectivity index (χ0v) is 22.7. The molecular weight excluding hydrogens is 540 g/mol. The summed E-state index contributed by atoms with van der Waals surface area (Å²) in [6.07, 6.45) is 5.16. The van der Waals surface area contributed by atoms with Gasteiger partial charge in [0.15, 0.2) is 12.2 Å². The zero-order valence-electron chi connectivity index (χ0n) is 22.7. The van der Waals surface area contributed by atoms with Crippen molar-refractivity contribution in [2.45, 2.75) is 48.7 Å². The standard InChI is InChI=1S/2C13H13N3.C4H6O6/c2*1-2-16-13-5-11-9-3-8(6-14-7-9)10(11)4-12(13)15-1;5-1(3(7)8)2(6)4(9)10/h2*1-2,4-5,8-9,14H,3,6-7H2;1-2,5-6H,(H,7,8)(H,9,10). The van der Waals surface area contributed by atoms with Gasteiger partial charge in [0, 0.05) is 51.0 Å². The van der Waals surface area contributed by atoms with Crippen molar-refractivity contribution >= 4 is 34.0 Å². The maximum absolute atomic E-state index is 9.77. The highest BCUT2D eigenvalue weighted by atomic mass is 16.4. The maximum Gasteiger partial charge on any atom is 0.335 e. The third kappa shape index (κ3) is 5.41. The van der Waals surface area contributed by atoms with Gasteiger partial charge >= 0.3 is 11.9 Å². The second-order valence-electron chi connectivity index (χ2n) is 11.2. The molecule has 12 heteroatoms. The molecule has 0 amide bonds. The third-order valence-corrected chi connectivity index (χ3v) is 8.61. The Hall–Kier alpha value is -4.10. The predicted octanol–water partition coefficient (Wildman–Crippen LogP) is 1.49. The van der Waals surface area contributed by atoms with Crippen LogP contribution in [0.1, 0.15) is 58.8 Å². The fraction of sp³-hybridized carbons (Fsp3) is 0.400. The number of piperidine rings is 2. The molecule has 4 heterocycles. The molecule has 2 saturated heterocycles. The van der Waals surface area contributed by atoms with Gasteiger partial charge in [0.1, 0.15) is 0 Å². The number of aliphatic hydroxyl groups is 2. The molecule has 2 aromatic carbocycles. The molecule has 0 radical (unpaired) electrons. The highest BCUT2D eigenvalue weighted by Crippen LogP contribution is 2.45. The highest BCUT2D eigenvalue weighted by Gasteiger charge is 2.35. The number of carbonyl (C=O) groups is 2. The molecule has 2 fully saturated rings. The molecule has 42 heavy (non-hydrogen) atoms. The van der Waals surface area contributed by atoms with Gasteiger partial charge in [-0.15, -0.1) is 0 Å². The van der Waals surface area contributed by atoms with Gasteiger partial charge in [-0.2, -0.15) is 0 Å².